The van der Waals surface area contributed by atoms with Gasteiger partial charge in [0.15, 0.2) is 6.10 Å². The summed E-state index contributed by atoms with van der Waals surface area (Å²) in [4.78, 5) is 45.9. The number of aliphatic hydroxyl groups excluding tert-OH is 1. The first-order chi connectivity index (χ1) is 28.5. The average molecular weight is 848 g/mol. The van der Waals surface area contributed by atoms with Crippen LogP contribution in [0.3, 0.4) is 0 Å². The second kappa shape index (κ2) is 39.8. The number of aliphatic carboxylic acids is 1. The van der Waals surface area contributed by atoms with E-state index in [1.165, 1.54) is 19.3 Å². The summed E-state index contributed by atoms with van der Waals surface area (Å²) in [6.07, 6.45) is 47.1. The number of unbranched alkanes of at least 4 members (excludes halogenated alkanes) is 8. The minimum absolute atomic E-state index is 0.0579. The van der Waals surface area contributed by atoms with Gasteiger partial charge in [-0.05, 0) is 83.5 Å². The van der Waals surface area contributed by atoms with E-state index in [1.807, 2.05) is 37.3 Å². The van der Waals surface area contributed by atoms with Gasteiger partial charge < -0.3 is 30.3 Å². The van der Waals surface area contributed by atoms with Crippen LogP contribution in [0.4, 0.5) is 0 Å². The Morgan fingerprint density at radius 3 is 1.66 bits per heavy atom. The van der Waals surface area contributed by atoms with Crippen molar-refractivity contribution in [2.24, 2.45) is 5.73 Å². The van der Waals surface area contributed by atoms with E-state index in [4.69, 9.17) is 24.8 Å². The third kappa shape index (κ3) is 39.6. The second-order valence-corrected chi connectivity index (χ2v) is 15.4. The highest BCUT2D eigenvalue weighted by molar-refractivity contribution is 7.47. The van der Waals surface area contributed by atoms with Gasteiger partial charge in [-0.3, -0.25) is 23.4 Å². The van der Waals surface area contributed by atoms with Crippen molar-refractivity contribution in [3.63, 3.8) is 0 Å². The van der Waals surface area contributed by atoms with E-state index in [-0.39, 0.29) is 12.8 Å². The standard InChI is InChI=1S/C46H74NO11P/c1-3-5-6-7-8-9-10-11-12-13-14-18-21-24-27-30-33-36-44(49)55-38-42(39-56-59(53,54)57-40-43(47)46(51)52)58-45(50)37-34-31-28-25-22-19-16-15-17-20-23-26-29-32-35-41(48)4-2/h8-9,11-12,14,16-20,25-26,28-29,32,35,41-43,48H,3-7,10,13,15,21-24,27,30-31,33-34,36-40,47H2,1-2H3,(H,51,52)(H,53,54)/b9-8-,12-11-,18-14-,19-16-,20-17-,28-25-,29-26-,35-32+/t41-,42-,43+/m1/s1. The molecule has 0 rings (SSSR count). The Hall–Kier alpha value is -3.64. The lowest BCUT2D eigenvalue weighted by Gasteiger charge is -2.20. The van der Waals surface area contributed by atoms with Gasteiger partial charge in [0.05, 0.1) is 19.3 Å². The number of rotatable bonds is 38. The molecule has 0 spiro atoms. The number of nitrogens with two attached hydrogens (primary N) is 1. The summed E-state index contributed by atoms with van der Waals surface area (Å²) in [5.74, 6) is -2.52. The molecule has 5 N–H and O–H groups in total. The van der Waals surface area contributed by atoms with Gasteiger partial charge in [0, 0.05) is 12.8 Å². The minimum Gasteiger partial charge on any atom is -0.480 e. The van der Waals surface area contributed by atoms with Crippen LogP contribution in [-0.4, -0.2) is 71.1 Å². The highest BCUT2D eigenvalue weighted by atomic mass is 31.2. The molecule has 1 unspecified atom stereocenters. The molecule has 334 valence electrons. The Kier molecular flexibility index (Phi) is 37.3. The molecule has 0 aromatic rings. The van der Waals surface area contributed by atoms with Crippen molar-refractivity contribution in [1.29, 1.82) is 0 Å². The van der Waals surface area contributed by atoms with Gasteiger partial charge in [-0.25, -0.2) is 4.57 Å². The van der Waals surface area contributed by atoms with Crippen LogP contribution in [0.1, 0.15) is 136 Å². The van der Waals surface area contributed by atoms with Crippen LogP contribution in [0, 0.1) is 0 Å². The van der Waals surface area contributed by atoms with Crippen molar-refractivity contribution in [2.75, 3.05) is 19.8 Å². The number of hydrogen-bond acceptors (Lipinski definition) is 10. The minimum atomic E-state index is -4.75. The summed E-state index contributed by atoms with van der Waals surface area (Å²) < 4.78 is 32.6. The van der Waals surface area contributed by atoms with Crippen molar-refractivity contribution in [3.8, 4) is 0 Å². The number of allylic oxidation sites excluding steroid dienone is 15. The topological polar surface area (TPSA) is 192 Å². The van der Waals surface area contributed by atoms with E-state index in [2.05, 4.69) is 72.2 Å². The molecule has 59 heavy (non-hydrogen) atoms. The molecule has 0 saturated heterocycles. The lowest BCUT2D eigenvalue weighted by atomic mass is 10.1. The number of carbonyl (C=O) groups excluding carboxylic acids is 2. The second-order valence-electron chi connectivity index (χ2n) is 13.9. The van der Waals surface area contributed by atoms with Gasteiger partial charge >= 0.3 is 25.7 Å². The smallest absolute Gasteiger partial charge is 0.472 e. The van der Waals surface area contributed by atoms with Crippen LogP contribution in [0.25, 0.3) is 0 Å². The van der Waals surface area contributed by atoms with E-state index in [9.17, 15) is 28.9 Å². The highest BCUT2D eigenvalue weighted by Crippen LogP contribution is 2.43. The molecule has 0 radical (unpaired) electrons. The van der Waals surface area contributed by atoms with Gasteiger partial charge in [-0.1, -0.05) is 137 Å². The van der Waals surface area contributed by atoms with E-state index in [0.717, 1.165) is 64.2 Å². The molecule has 13 heteroatoms. The Morgan fingerprint density at radius 2 is 1.10 bits per heavy atom. The molecule has 4 atom stereocenters. The van der Waals surface area contributed by atoms with Crippen LogP contribution in [0.5, 0.6) is 0 Å². The lowest BCUT2D eigenvalue weighted by molar-refractivity contribution is -0.161. The largest absolute Gasteiger partial charge is 0.480 e. The number of phosphoric acid groups is 1. The van der Waals surface area contributed by atoms with Crippen LogP contribution in [0.15, 0.2) is 97.2 Å². The number of esters is 2. The lowest BCUT2D eigenvalue weighted by Crippen LogP contribution is -2.34. The molecule has 0 aliphatic carbocycles. The van der Waals surface area contributed by atoms with Crippen molar-refractivity contribution >= 4 is 25.7 Å². The predicted molar refractivity (Wildman–Crippen MR) is 236 cm³/mol. The van der Waals surface area contributed by atoms with Gasteiger partial charge in [0.1, 0.15) is 12.6 Å². The van der Waals surface area contributed by atoms with Crippen molar-refractivity contribution in [1.82, 2.24) is 0 Å². The fourth-order valence-corrected chi connectivity index (χ4v) is 5.72. The third-order valence-corrected chi connectivity index (χ3v) is 9.42. The molecule has 0 saturated carbocycles. The molecular weight excluding hydrogens is 773 g/mol. The number of hydrogen-bond donors (Lipinski definition) is 4. The van der Waals surface area contributed by atoms with Crippen LogP contribution in [0.2, 0.25) is 0 Å². The zero-order valence-corrected chi connectivity index (χ0v) is 36.6. The van der Waals surface area contributed by atoms with Crippen molar-refractivity contribution in [3.05, 3.63) is 97.2 Å². The van der Waals surface area contributed by atoms with E-state index < -0.39 is 63.8 Å². The maximum Gasteiger partial charge on any atom is 0.472 e. The zero-order valence-electron chi connectivity index (χ0n) is 35.7. The zero-order chi connectivity index (χ0) is 43.7. The predicted octanol–water partition coefficient (Wildman–Crippen LogP) is 10.2. The number of phosphoric ester groups is 1. The molecule has 12 nitrogen and oxygen atoms in total. The van der Waals surface area contributed by atoms with E-state index >= 15 is 0 Å². The van der Waals surface area contributed by atoms with Crippen LogP contribution >= 0.6 is 7.82 Å². The Labute approximate surface area is 354 Å². The normalized spacial score (nSPS) is 15.2. The summed E-state index contributed by atoms with van der Waals surface area (Å²) in [6.45, 7) is 2.33. The molecule has 0 fully saturated rings. The molecule has 0 aromatic carbocycles. The Balaban J connectivity index is 4.56. The summed E-state index contributed by atoms with van der Waals surface area (Å²) in [7, 11) is -4.75. The quantitative estimate of drug-likeness (QED) is 0.0151. The maximum atomic E-state index is 12.6. The van der Waals surface area contributed by atoms with Crippen LogP contribution in [-0.2, 0) is 37.5 Å². The number of carbonyl (C=O) groups is 3. The van der Waals surface area contributed by atoms with Crippen molar-refractivity contribution < 1.29 is 52.6 Å². The fraction of sp³-hybridized carbons (Fsp3) is 0.587. The van der Waals surface area contributed by atoms with Gasteiger partial charge in [0.2, 0.25) is 0 Å². The Bertz CT molecular complexity index is 1380. The van der Waals surface area contributed by atoms with Crippen molar-refractivity contribution in [2.45, 2.75) is 154 Å². The maximum absolute atomic E-state index is 12.6. The van der Waals surface area contributed by atoms with Gasteiger partial charge in [-0.2, -0.15) is 0 Å². The molecule has 0 aliphatic heterocycles. The fourth-order valence-electron chi connectivity index (χ4n) is 4.94. The molecule has 0 heterocycles. The number of carboxylic acids is 1. The number of ether oxygens (including phenoxy) is 2. The molecule has 0 bridgehead atoms. The van der Waals surface area contributed by atoms with Crippen LogP contribution < -0.4 is 5.73 Å². The Morgan fingerprint density at radius 1 is 0.610 bits per heavy atom. The molecule has 0 amide bonds. The molecule has 0 aliphatic rings. The summed E-state index contributed by atoms with van der Waals surface area (Å²) >= 11 is 0. The van der Waals surface area contributed by atoms with Gasteiger partial charge in [0.25, 0.3) is 0 Å². The number of carboxylic acid groups (broad SMARTS) is 1. The monoisotopic (exact) mass is 847 g/mol. The van der Waals surface area contributed by atoms with Gasteiger partial charge in [-0.15, -0.1) is 0 Å². The molecule has 0 aromatic heterocycles. The SMILES string of the molecule is CCCCC/C=C\C/C=C\C/C=C\CCCCCCC(=O)OC[C@H](COP(=O)(O)OC[C@H](N)C(=O)O)OC(=O)CCC/C=C\C/C=C\C/C=C\C/C=C\C=C\[C@H](O)CC. The summed E-state index contributed by atoms with van der Waals surface area (Å²) in [5.41, 5.74) is 5.32. The average Bonchev–Trinajstić information content (AvgIpc) is 3.21. The first-order valence-corrected chi connectivity index (χ1v) is 22.9. The third-order valence-electron chi connectivity index (χ3n) is 8.47. The van der Waals surface area contributed by atoms with E-state index in [1.54, 1.807) is 6.08 Å². The summed E-state index contributed by atoms with van der Waals surface area (Å²) in [5, 5.41) is 18.4. The first-order valence-electron chi connectivity index (χ1n) is 21.4. The first kappa shape index (κ1) is 55.4. The summed E-state index contributed by atoms with van der Waals surface area (Å²) in [6, 6.07) is -1.55. The highest BCUT2D eigenvalue weighted by Gasteiger charge is 2.28. The van der Waals surface area contributed by atoms with E-state index in [0.29, 0.717) is 25.7 Å². The molecular formula is C46H74NO11P. The number of aliphatic hydroxyl groups is 1.